The molecule has 1 aliphatic heterocycles. The van der Waals surface area contributed by atoms with Crippen molar-refractivity contribution in [3.8, 4) is 0 Å². The highest BCUT2D eigenvalue weighted by molar-refractivity contribution is 8.15. The first-order chi connectivity index (χ1) is 11.1. The van der Waals surface area contributed by atoms with Crippen LogP contribution in [-0.4, -0.2) is 33.3 Å². The number of rotatable bonds is 6. The molecule has 0 saturated carbocycles. The minimum absolute atomic E-state index is 0.224. The molecule has 1 aliphatic rings. The number of carbonyl (C=O) groups excluding carboxylic acids is 2. The van der Waals surface area contributed by atoms with Crippen molar-refractivity contribution in [1.82, 2.24) is 4.90 Å². The van der Waals surface area contributed by atoms with Gasteiger partial charge in [0.2, 0.25) is 5.91 Å². The number of amides is 2. The molecule has 0 unspecified atom stereocenters. The van der Waals surface area contributed by atoms with Crippen molar-refractivity contribution < 1.29 is 9.59 Å². The first kappa shape index (κ1) is 17.4. The highest BCUT2D eigenvalue weighted by Crippen LogP contribution is 2.22. The van der Waals surface area contributed by atoms with Gasteiger partial charge in [0.1, 0.15) is 0 Å². The number of hydrogen-bond donors (Lipinski definition) is 0. The molecule has 1 aromatic carbocycles. The van der Waals surface area contributed by atoms with E-state index in [1.165, 1.54) is 11.8 Å². The predicted octanol–water partition coefficient (Wildman–Crippen LogP) is 3.71. The third-order valence-corrected chi connectivity index (χ3v) is 4.35. The number of amidine groups is 1. The average Bonchev–Trinajstić information content (AvgIpc) is 2.94. The molecule has 0 aromatic heterocycles. The van der Waals surface area contributed by atoms with Crippen LogP contribution in [0.15, 0.2) is 40.5 Å². The van der Waals surface area contributed by atoms with Gasteiger partial charge in [-0.15, -0.1) is 5.10 Å². The van der Waals surface area contributed by atoms with Crippen LogP contribution in [0.25, 0.3) is 0 Å². The Morgan fingerprint density at radius 2 is 2.00 bits per heavy atom. The maximum atomic E-state index is 12.5. The van der Waals surface area contributed by atoms with Crippen molar-refractivity contribution in [1.29, 1.82) is 0 Å². The molecule has 0 radical (unpaired) electrons. The summed E-state index contributed by atoms with van der Waals surface area (Å²) in [5.74, 6) is -0.374. The Balaban J connectivity index is 2.11. The van der Waals surface area contributed by atoms with Crippen molar-refractivity contribution >= 4 is 34.5 Å². The lowest BCUT2D eigenvalue weighted by Gasteiger charge is -2.13. The van der Waals surface area contributed by atoms with Crippen LogP contribution in [0.2, 0.25) is 0 Å². The third-order valence-electron chi connectivity index (χ3n) is 3.44. The standard InChI is InChI=1S/C17H21N3O2S/c1-3-4-6-9-13(2)18-19-17-20(15(21)12-23-17)16(22)14-10-7-5-8-11-14/h5,7-8,10-11H,3-4,6,9,12H2,1-2H3/b18-13-,19-17+. The van der Waals surface area contributed by atoms with E-state index in [1.807, 2.05) is 13.0 Å². The van der Waals surface area contributed by atoms with Crippen molar-refractivity contribution in [3.63, 3.8) is 0 Å². The molecule has 0 aliphatic carbocycles. The van der Waals surface area contributed by atoms with Gasteiger partial charge in [0.05, 0.1) is 5.75 Å². The van der Waals surface area contributed by atoms with Crippen LogP contribution in [0.4, 0.5) is 0 Å². The van der Waals surface area contributed by atoms with Gasteiger partial charge in [-0.1, -0.05) is 49.7 Å². The summed E-state index contributed by atoms with van der Waals surface area (Å²) < 4.78 is 0. The Morgan fingerprint density at radius 1 is 1.26 bits per heavy atom. The van der Waals surface area contributed by atoms with E-state index < -0.39 is 0 Å². The van der Waals surface area contributed by atoms with Crippen molar-refractivity contribution in [3.05, 3.63) is 35.9 Å². The molecule has 1 heterocycles. The monoisotopic (exact) mass is 331 g/mol. The molecule has 0 atom stereocenters. The van der Waals surface area contributed by atoms with Gasteiger partial charge in [-0.25, -0.2) is 4.90 Å². The van der Waals surface area contributed by atoms with E-state index in [0.717, 1.165) is 36.3 Å². The second-order valence-electron chi connectivity index (χ2n) is 5.36. The fourth-order valence-corrected chi connectivity index (χ4v) is 2.95. The number of hydrogen-bond acceptors (Lipinski definition) is 5. The molecular weight excluding hydrogens is 310 g/mol. The summed E-state index contributed by atoms with van der Waals surface area (Å²) in [4.78, 5) is 25.6. The minimum Gasteiger partial charge on any atom is -0.273 e. The molecule has 2 amide bonds. The lowest BCUT2D eigenvalue weighted by Crippen LogP contribution is -2.35. The highest BCUT2D eigenvalue weighted by atomic mass is 32.2. The molecule has 0 spiro atoms. The topological polar surface area (TPSA) is 62.1 Å². The maximum Gasteiger partial charge on any atom is 0.266 e. The second-order valence-corrected chi connectivity index (χ2v) is 6.31. The van der Waals surface area contributed by atoms with Crippen LogP contribution in [0.1, 0.15) is 49.9 Å². The predicted molar refractivity (Wildman–Crippen MR) is 94.8 cm³/mol. The van der Waals surface area contributed by atoms with Crippen LogP contribution in [0.5, 0.6) is 0 Å². The number of unbranched alkanes of at least 4 members (excludes halogenated alkanes) is 2. The van der Waals surface area contributed by atoms with Crippen molar-refractivity contribution in [2.24, 2.45) is 10.2 Å². The van der Waals surface area contributed by atoms with Crippen molar-refractivity contribution in [2.45, 2.75) is 39.5 Å². The Morgan fingerprint density at radius 3 is 2.70 bits per heavy atom. The van der Waals surface area contributed by atoms with E-state index >= 15 is 0 Å². The molecule has 0 N–H and O–H groups in total. The number of nitrogens with zero attached hydrogens (tertiary/aromatic N) is 3. The molecular formula is C17H21N3O2S. The number of imide groups is 1. The largest absolute Gasteiger partial charge is 0.273 e. The molecule has 0 bridgehead atoms. The summed E-state index contributed by atoms with van der Waals surface area (Å²) >= 11 is 1.25. The first-order valence-corrected chi connectivity index (χ1v) is 8.78. The van der Waals surface area contributed by atoms with Gasteiger partial charge < -0.3 is 0 Å². The number of benzene rings is 1. The zero-order valence-electron chi connectivity index (χ0n) is 13.5. The zero-order chi connectivity index (χ0) is 16.7. The lowest BCUT2D eigenvalue weighted by molar-refractivity contribution is -0.122. The van der Waals surface area contributed by atoms with Crippen LogP contribution in [0.3, 0.4) is 0 Å². The van der Waals surface area contributed by atoms with E-state index in [0.29, 0.717) is 10.7 Å². The summed E-state index contributed by atoms with van der Waals surface area (Å²) in [5.41, 5.74) is 1.39. The van der Waals surface area contributed by atoms with E-state index in [9.17, 15) is 9.59 Å². The van der Waals surface area contributed by atoms with E-state index in [-0.39, 0.29) is 17.6 Å². The summed E-state index contributed by atoms with van der Waals surface area (Å²) in [5, 5.41) is 8.67. The third kappa shape index (κ3) is 4.76. The average molecular weight is 331 g/mol. The number of carbonyl (C=O) groups is 2. The van der Waals surface area contributed by atoms with Gasteiger partial charge in [0, 0.05) is 11.3 Å². The van der Waals surface area contributed by atoms with Crippen LogP contribution in [0, 0.1) is 0 Å². The van der Waals surface area contributed by atoms with Gasteiger partial charge in [0.15, 0.2) is 5.17 Å². The quantitative estimate of drug-likeness (QED) is 0.345. The highest BCUT2D eigenvalue weighted by Gasteiger charge is 2.34. The smallest absolute Gasteiger partial charge is 0.266 e. The maximum absolute atomic E-state index is 12.5. The molecule has 23 heavy (non-hydrogen) atoms. The van der Waals surface area contributed by atoms with E-state index in [4.69, 9.17) is 0 Å². The van der Waals surface area contributed by atoms with Crippen molar-refractivity contribution in [2.75, 3.05) is 5.75 Å². The van der Waals surface area contributed by atoms with E-state index in [1.54, 1.807) is 24.3 Å². The summed E-state index contributed by atoms with van der Waals surface area (Å²) in [6.07, 6.45) is 4.28. The Labute approximate surface area is 140 Å². The zero-order valence-corrected chi connectivity index (χ0v) is 14.3. The van der Waals surface area contributed by atoms with Gasteiger partial charge in [0.25, 0.3) is 5.91 Å². The Kier molecular flexibility index (Phi) is 6.52. The molecule has 122 valence electrons. The fourth-order valence-electron chi connectivity index (χ4n) is 2.15. The molecule has 6 heteroatoms. The fraction of sp³-hybridized carbons (Fsp3) is 0.412. The van der Waals surface area contributed by atoms with Crippen LogP contribution >= 0.6 is 11.8 Å². The van der Waals surface area contributed by atoms with Gasteiger partial charge in [-0.05, 0) is 31.9 Å². The Bertz CT molecular complexity index is 626. The summed E-state index contributed by atoms with van der Waals surface area (Å²) in [6.45, 7) is 4.07. The normalized spacial score (nSPS) is 17.1. The summed E-state index contributed by atoms with van der Waals surface area (Å²) in [6, 6.07) is 8.75. The SMILES string of the molecule is CCCCC/C(C)=N\N=C1\SCC(=O)N1C(=O)c1ccccc1. The first-order valence-electron chi connectivity index (χ1n) is 7.79. The van der Waals surface area contributed by atoms with Gasteiger partial charge in [-0.2, -0.15) is 5.10 Å². The molecule has 1 fully saturated rings. The summed E-state index contributed by atoms with van der Waals surface area (Å²) in [7, 11) is 0. The number of thioether (sulfide) groups is 1. The van der Waals surface area contributed by atoms with Gasteiger partial charge >= 0.3 is 0 Å². The molecule has 5 nitrogen and oxygen atoms in total. The van der Waals surface area contributed by atoms with Crippen LogP contribution < -0.4 is 0 Å². The lowest BCUT2D eigenvalue weighted by atomic mass is 10.1. The van der Waals surface area contributed by atoms with Gasteiger partial charge in [-0.3, -0.25) is 9.59 Å². The minimum atomic E-state index is -0.349. The van der Waals surface area contributed by atoms with Crippen LogP contribution in [-0.2, 0) is 4.79 Å². The second kappa shape index (κ2) is 8.62. The molecule has 1 saturated heterocycles. The molecule has 2 rings (SSSR count). The van der Waals surface area contributed by atoms with E-state index in [2.05, 4.69) is 17.1 Å². The molecule has 1 aromatic rings. The Hall–Kier alpha value is -1.95.